The Balaban J connectivity index is 1.24. The molecule has 32 heavy (non-hydrogen) atoms. The summed E-state index contributed by atoms with van der Waals surface area (Å²) in [6.07, 6.45) is -0.101. The van der Waals surface area contributed by atoms with Crippen molar-refractivity contribution < 1.29 is 19.4 Å². The van der Waals surface area contributed by atoms with Crippen LogP contribution in [0.25, 0.3) is 0 Å². The molecule has 1 N–H and O–H groups in total. The second-order valence-corrected chi connectivity index (χ2v) is 9.33. The highest BCUT2D eigenvalue weighted by Gasteiger charge is 2.34. The van der Waals surface area contributed by atoms with E-state index in [1.807, 2.05) is 36.4 Å². The molecule has 0 saturated carbocycles. The first-order chi connectivity index (χ1) is 15.7. The van der Waals surface area contributed by atoms with E-state index >= 15 is 0 Å². The third kappa shape index (κ3) is 4.68. The zero-order valence-electron chi connectivity index (χ0n) is 17.9. The minimum Gasteiger partial charge on any atom is -0.491 e. The van der Waals surface area contributed by atoms with Crippen LogP contribution in [0.5, 0.6) is 5.75 Å². The van der Waals surface area contributed by atoms with Crippen LogP contribution in [0, 0.1) is 5.92 Å². The Morgan fingerprint density at radius 3 is 2.75 bits per heavy atom. The van der Waals surface area contributed by atoms with Gasteiger partial charge in [0.1, 0.15) is 18.5 Å². The van der Waals surface area contributed by atoms with Crippen molar-refractivity contribution in [2.24, 2.45) is 11.0 Å². The van der Waals surface area contributed by atoms with Gasteiger partial charge in [0.15, 0.2) is 0 Å². The minimum atomic E-state index is -0.566. The largest absolute Gasteiger partial charge is 0.491 e. The van der Waals surface area contributed by atoms with Gasteiger partial charge in [-0.25, -0.2) is 5.01 Å². The van der Waals surface area contributed by atoms with Gasteiger partial charge in [-0.1, -0.05) is 18.2 Å². The maximum absolute atomic E-state index is 12.8. The highest BCUT2D eigenvalue weighted by Crippen LogP contribution is 2.37. The van der Waals surface area contributed by atoms with E-state index in [-0.39, 0.29) is 18.4 Å². The zero-order chi connectivity index (χ0) is 21.9. The van der Waals surface area contributed by atoms with Gasteiger partial charge in [-0.2, -0.15) is 5.10 Å². The van der Waals surface area contributed by atoms with E-state index < -0.39 is 6.10 Å². The molecule has 5 rings (SSSR count). The third-order valence-electron chi connectivity index (χ3n) is 5.95. The highest BCUT2D eigenvalue weighted by atomic mass is 32.2. The molecule has 0 spiro atoms. The van der Waals surface area contributed by atoms with Gasteiger partial charge in [0.05, 0.1) is 24.6 Å². The fraction of sp³-hybridized carbons (Fsp3) is 0.417. The van der Waals surface area contributed by atoms with Crippen LogP contribution < -0.4 is 9.75 Å². The van der Waals surface area contributed by atoms with Crippen molar-refractivity contribution in [3.05, 3.63) is 54.1 Å². The zero-order valence-corrected chi connectivity index (χ0v) is 18.7. The van der Waals surface area contributed by atoms with Gasteiger partial charge in [0.2, 0.25) is 5.91 Å². The first kappa shape index (κ1) is 21.5. The van der Waals surface area contributed by atoms with E-state index in [2.05, 4.69) is 17.0 Å². The average molecular weight is 454 g/mol. The number of hydrogen-bond donors (Lipinski definition) is 1. The Labute approximate surface area is 192 Å². The molecule has 2 atom stereocenters. The van der Waals surface area contributed by atoms with Crippen molar-refractivity contribution in [1.29, 1.82) is 0 Å². The van der Waals surface area contributed by atoms with Crippen LogP contribution in [-0.4, -0.2) is 72.9 Å². The topological polar surface area (TPSA) is 74.6 Å². The molecule has 8 heteroatoms. The Hall–Kier alpha value is -2.39. The number of nitrogens with zero attached hydrogens (tertiary/aromatic N) is 3. The standard InChI is InChI=1S/C24H27N3O4S/c28-19(14-26-9-11-30-12-10-26)15-31-20-7-5-18(6-8-20)27-23(29)13-17-16-32-22-4-2-1-3-21(22)24(17)25-27/h1-8,17,19,28H,9-16H2. The summed E-state index contributed by atoms with van der Waals surface area (Å²) < 4.78 is 11.1. The Kier molecular flexibility index (Phi) is 6.45. The number of carbonyl (C=O) groups excluding carboxylic acids is 1. The van der Waals surface area contributed by atoms with Crippen LogP contribution in [0.4, 0.5) is 5.69 Å². The van der Waals surface area contributed by atoms with Crippen molar-refractivity contribution in [1.82, 2.24) is 4.90 Å². The van der Waals surface area contributed by atoms with Gasteiger partial charge in [-0.15, -0.1) is 11.8 Å². The van der Waals surface area contributed by atoms with Gasteiger partial charge < -0.3 is 14.6 Å². The van der Waals surface area contributed by atoms with Crippen molar-refractivity contribution >= 4 is 29.1 Å². The summed E-state index contributed by atoms with van der Waals surface area (Å²) in [6, 6.07) is 15.6. The lowest BCUT2D eigenvalue weighted by molar-refractivity contribution is -0.119. The number of anilines is 1. The summed E-state index contributed by atoms with van der Waals surface area (Å²) in [5.41, 5.74) is 2.84. The summed E-state index contributed by atoms with van der Waals surface area (Å²) in [7, 11) is 0. The van der Waals surface area contributed by atoms with Gasteiger partial charge >= 0.3 is 0 Å². The predicted molar refractivity (Wildman–Crippen MR) is 124 cm³/mol. The number of fused-ring (bicyclic) bond motifs is 3. The number of thioether (sulfide) groups is 1. The van der Waals surface area contributed by atoms with E-state index in [1.54, 1.807) is 11.8 Å². The quantitative estimate of drug-likeness (QED) is 0.725. The average Bonchev–Trinajstić information content (AvgIpc) is 2.83. The molecule has 0 aliphatic carbocycles. The number of morpholine rings is 1. The number of hydrazone groups is 1. The van der Waals surface area contributed by atoms with Crippen LogP contribution in [0.1, 0.15) is 12.0 Å². The summed E-state index contributed by atoms with van der Waals surface area (Å²) in [4.78, 5) is 16.2. The number of aliphatic hydroxyl groups is 1. The smallest absolute Gasteiger partial charge is 0.248 e. The molecule has 3 heterocycles. The van der Waals surface area contributed by atoms with Crippen LogP contribution in [-0.2, 0) is 9.53 Å². The van der Waals surface area contributed by atoms with Gasteiger partial charge in [-0.05, 0) is 30.3 Å². The lowest BCUT2D eigenvalue weighted by Crippen LogP contribution is -2.42. The molecule has 0 radical (unpaired) electrons. The predicted octanol–water partition coefficient (Wildman–Crippen LogP) is 2.62. The van der Waals surface area contributed by atoms with E-state index in [1.165, 1.54) is 9.90 Å². The molecule has 2 aromatic carbocycles. The molecule has 168 valence electrons. The maximum atomic E-state index is 12.8. The molecule has 1 fully saturated rings. The molecule has 2 aromatic rings. The lowest BCUT2D eigenvalue weighted by atomic mass is 9.93. The van der Waals surface area contributed by atoms with E-state index in [0.29, 0.717) is 31.9 Å². The second-order valence-electron chi connectivity index (χ2n) is 8.27. The van der Waals surface area contributed by atoms with E-state index in [0.717, 1.165) is 35.8 Å². The molecule has 3 aliphatic heterocycles. The third-order valence-corrected chi connectivity index (χ3v) is 7.19. The minimum absolute atomic E-state index is 0.00772. The van der Waals surface area contributed by atoms with Crippen molar-refractivity contribution in [3.63, 3.8) is 0 Å². The first-order valence-corrected chi connectivity index (χ1v) is 12.0. The molecule has 0 aromatic heterocycles. The number of amides is 1. The number of hydrogen-bond acceptors (Lipinski definition) is 7. The number of rotatable bonds is 6. The molecule has 2 unspecified atom stereocenters. The molecule has 1 amide bonds. The SMILES string of the molecule is O=C1CC2CSc3ccccc3C2=NN1c1ccc(OCC(O)CN2CCOCC2)cc1. The summed E-state index contributed by atoms with van der Waals surface area (Å²) in [5.74, 6) is 1.71. The molecular formula is C24H27N3O4S. The Morgan fingerprint density at radius 2 is 1.94 bits per heavy atom. The highest BCUT2D eigenvalue weighted by molar-refractivity contribution is 7.99. The number of ether oxygens (including phenoxy) is 2. The van der Waals surface area contributed by atoms with Crippen LogP contribution in [0.3, 0.4) is 0 Å². The van der Waals surface area contributed by atoms with Crippen molar-refractivity contribution in [2.75, 3.05) is 50.2 Å². The maximum Gasteiger partial charge on any atom is 0.248 e. The number of benzene rings is 2. The number of carbonyl (C=O) groups is 1. The number of β-amino-alcohol motifs (C(OH)–C–C–N with tert-alkyl or cyclic N) is 1. The molecule has 1 saturated heterocycles. The molecule has 3 aliphatic rings. The first-order valence-electron chi connectivity index (χ1n) is 11.0. The lowest BCUT2D eigenvalue weighted by Gasteiger charge is -2.33. The fourth-order valence-electron chi connectivity index (χ4n) is 4.26. The normalized spacial score (nSPS) is 22.0. The van der Waals surface area contributed by atoms with Crippen LogP contribution in [0.2, 0.25) is 0 Å². The monoisotopic (exact) mass is 453 g/mol. The van der Waals surface area contributed by atoms with Crippen LogP contribution in [0.15, 0.2) is 58.5 Å². The van der Waals surface area contributed by atoms with E-state index in [4.69, 9.17) is 14.6 Å². The van der Waals surface area contributed by atoms with Crippen molar-refractivity contribution in [3.8, 4) is 5.75 Å². The summed E-state index contributed by atoms with van der Waals surface area (Å²) in [6.45, 7) is 3.88. The number of aliphatic hydroxyl groups excluding tert-OH is 1. The van der Waals surface area contributed by atoms with Gasteiger partial charge in [0.25, 0.3) is 0 Å². The molecule has 0 bridgehead atoms. The second kappa shape index (κ2) is 9.62. The van der Waals surface area contributed by atoms with Gasteiger partial charge in [-0.3, -0.25) is 9.69 Å². The van der Waals surface area contributed by atoms with Crippen molar-refractivity contribution in [2.45, 2.75) is 17.4 Å². The fourth-order valence-corrected chi connectivity index (χ4v) is 5.42. The van der Waals surface area contributed by atoms with E-state index in [9.17, 15) is 9.90 Å². The Bertz CT molecular complexity index is 991. The molecular weight excluding hydrogens is 426 g/mol. The Morgan fingerprint density at radius 1 is 1.16 bits per heavy atom. The summed E-state index contributed by atoms with van der Waals surface area (Å²) >= 11 is 1.80. The van der Waals surface area contributed by atoms with Crippen LogP contribution >= 0.6 is 11.8 Å². The summed E-state index contributed by atoms with van der Waals surface area (Å²) in [5, 5.41) is 16.5. The van der Waals surface area contributed by atoms with Gasteiger partial charge in [0, 0.05) is 48.2 Å². The molecule has 7 nitrogen and oxygen atoms in total.